The first-order chi connectivity index (χ1) is 31.8. The zero-order chi connectivity index (χ0) is 50.5. The summed E-state index contributed by atoms with van der Waals surface area (Å²) in [6, 6.07) is 8.14. The second-order valence-electron chi connectivity index (χ2n) is 21.4. The number of amides is 2. The summed E-state index contributed by atoms with van der Waals surface area (Å²) in [4.78, 5) is 32.2. The number of esters is 1. The van der Waals surface area contributed by atoms with E-state index < -0.39 is 108 Å². The number of benzene rings is 1. The molecule has 17 heteroatoms. The number of hydrogen-bond acceptors (Lipinski definition) is 15. The number of rotatable bonds is 14. The Labute approximate surface area is 406 Å². The summed E-state index contributed by atoms with van der Waals surface area (Å²) >= 11 is 0. The number of para-hydroxylation sites is 1. The highest BCUT2D eigenvalue weighted by atomic mass is 16.7. The van der Waals surface area contributed by atoms with Crippen molar-refractivity contribution in [3.8, 4) is 5.75 Å². The first-order valence-corrected chi connectivity index (χ1v) is 25.2. The maximum atomic E-state index is 14.7. The van der Waals surface area contributed by atoms with Gasteiger partial charge in [0.2, 0.25) is 0 Å². The summed E-state index contributed by atoms with van der Waals surface area (Å²) in [6.07, 6.45) is -5.32. The molecule has 68 heavy (non-hydrogen) atoms. The molecule has 3 aliphatic heterocycles. The Morgan fingerprint density at radius 2 is 1.59 bits per heavy atom. The number of aliphatic hydroxyl groups is 4. The van der Waals surface area contributed by atoms with Crippen molar-refractivity contribution in [2.24, 2.45) is 17.8 Å². The zero-order valence-corrected chi connectivity index (χ0v) is 43.5. The first kappa shape index (κ1) is 56.2. The second-order valence-corrected chi connectivity index (χ2v) is 21.4. The van der Waals surface area contributed by atoms with Crippen LogP contribution in [0.4, 0.5) is 4.79 Å². The highest BCUT2D eigenvalue weighted by Crippen LogP contribution is 2.44. The monoisotopic (exact) mass is 965 g/mol. The molecule has 0 unspecified atom stereocenters. The summed E-state index contributed by atoms with van der Waals surface area (Å²) in [7, 11) is 5.13. The summed E-state index contributed by atoms with van der Waals surface area (Å²) in [5.74, 6) is -2.30. The zero-order valence-electron chi connectivity index (χ0n) is 43.5. The molecule has 390 valence electrons. The molecule has 0 bridgehead atoms. The van der Waals surface area contributed by atoms with Crippen LogP contribution in [-0.4, -0.2) is 179 Å². The maximum Gasteiger partial charge on any atom is 0.320 e. The SMILES string of the molecule is CCCNC[C@]1(O)[C@H](C)O[C@@H](O[C@H]2[C@H](C)[C@@H](O[C@@H]3O[C@H](C)C[C@H](N(C)C(=O)N(C)C4CC4)[C@H]3Oc3ccccc3)[C@](C)(O)C[C@@H](C)CN[C@H](C)[C@@H](O)[C@](C)(O)[C@@H](CC)OC(=O)[C@@H]2C)C[C@@]1(C)OC. The second kappa shape index (κ2) is 23.2. The highest BCUT2D eigenvalue weighted by molar-refractivity contribution is 5.75. The molecule has 1 aliphatic carbocycles. The number of ether oxygens (including phenoxy) is 7. The number of carbonyl (C=O) groups is 2. The van der Waals surface area contributed by atoms with E-state index in [-0.39, 0.29) is 43.8 Å². The van der Waals surface area contributed by atoms with E-state index in [1.165, 1.54) is 14.0 Å². The highest BCUT2D eigenvalue weighted by Gasteiger charge is 2.58. The Bertz CT molecular complexity index is 1760. The summed E-state index contributed by atoms with van der Waals surface area (Å²) in [5.41, 5.74) is -6.14. The lowest BCUT2D eigenvalue weighted by atomic mass is 9.75. The van der Waals surface area contributed by atoms with Gasteiger partial charge in [-0.3, -0.25) is 4.79 Å². The van der Waals surface area contributed by atoms with Crippen LogP contribution in [0.2, 0.25) is 0 Å². The van der Waals surface area contributed by atoms with Crippen LogP contribution >= 0.6 is 0 Å². The van der Waals surface area contributed by atoms with Gasteiger partial charge >= 0.3 is 12.0 Å². The summed E-state index contributed by atoms with van der Waals surface area (Å²) in [5, 5.41) is 55.3. The average molecular weight is 965 g/mol. The lowest BCUT2D eigenvalue weighted by Crippen LogP contribution is -2.70. The number of cyclic esters (lactones) is 1. The van der Waals surface area contributed by atoms with E-state index in [9.17, 15) is 30.0 Å². The van der Waals surface area contributed by atoms with Crippen molar-refractivity contribution in [3.63, 3.8) is 0 Å². The number of urea groups is 1. The molecule has 5 rings (SSSR count). The van der Waals surface area contributed by atoms with Gasteiger partial charge in [-0.05, 0) is 118 Å². The predicted octanol–water partition coefficient (Wildman–Crippen LogP) is 4.60. The molecule has 2 amide bonds. The van der Waals surface area contributed by atoms with Crippen LogP contribution in [0.15, 0.2) is 30.3 Å². The van der Waals surface area contributed by atoms with Crippen molar-refractivity contribution in [2.45, 2.75) is 217 Å². The normalized spacial score (nSPS) is 42.3. The molecule has 3 heterocycles. The molecule has 6 N–H and O–H groups in total. The molecule has 4 fully saturated rings. The van der Waals surface area contributed by atoms with Gasteiger partial charge in [0.1, 0.15) is 34.8 Å². The van der Waals surface area contributed by atoms with Crippen molar-refractivity contribution >= 4 is 12.0 Å². The van der Waals surface area contributed by atoms with Crippen LogP contribution in [0.5, 0.6) is 5.75 Å². The van der Waals surface area contributed by atoms with Crippen LogP contribution in [0.1, 0.15) is 121 Å². The average Bonchev–Trinajstić information content (AvgIpc) is 4.15. The molecular weight excluding hydrogens is 877 g/mol. The van der Waals surface area contributed by atoms with Crippen LogP contribution in [-0.2, 0) is 33.2 Å². The largest absolute Gasteiger partial charge is 0.483 e. The Hall–Kier alpha value is -2.68. The van der Waals surface area contributed by atoms with Crippen LogP contribution in [0.25, 0.3) is 0 Å². The Balaban J connectivity index is 1.62. The number of aliphatic hydroxyl groups excluding tert-OH is 1. The molecule has 1 aromatic rings. The van der Waals surface area contributed by atoms with Gasteiger partial charge in [-0.1, -0.05) is 45.9 Å². The van der Waals surface area contributed by atoms with Crippen LogP contribution in [0, 0.1) is 17.8 Å². The van der Waals surface area contributed by atoms with E-state index in [0.717, 1.165) is 19.3 Å². The Morgan fingerprint density at radius 1 is 0.926 bits per heavy atom. The number of hydrogen-bond donors (Lipinski definition) is 6. The molecule has 3 saturated heterocycles. The summed E-state index contributed by atoms with van der Waals surface area (Å²) < 4.78 is 46.5. The third kappa shape index (κ3) is 12.7. The quantitative estimate of drug-likeness (QED) is 0.111. The van der Waals surface area contributed by atoms with Crippen LogP contribution < -0.4 is 15.4 Å². The van der Waals surface area contributed by atoms with Gasteiger partial charge in [0.05, 0.1) is 42.0 Å². The molecule has 1 aromatic carbocycles. The smallest absolute Gasteiger partial charge is 0.320 e. The lowest BCUT2D eigenvalue weighted by molar-refractivity contribution is -0.335. The van der Waals surface area contributed by atoms with Gasteiger partial charge < -0.3 is 74.0 Å². The fourth-order valence-electron chi connectivity index (χ4n) is 10.9. The van der Waals surface area contributed by atoms with Crippen molar-refractivity contribution < 1.29 is 63.2 Å². The van der Waals surface area contributed by atoms with E-state index in [2.05, 4.69) is 10.6 Å². The predicted molar refractivity (Wildman–Crippen MR) is 257 cm³/mol. The molecule has 0 aromatic heterocycles. The molecular formula is C51H88N4O13. The minimum atomic E-state index is -1.85. The van der Waals surface area contributed by atoms with E-state index in [1.54, 1.807) is 51.5 Å². The maximum absolute atomic E-state index is 14.7. The summed E-state index contributed by atoms with van der Waals surface area (Å²) in [6.45, 7) is 20.9. The number of nitrogens with zero attached hydrogens (tertiary/aromatic N) is 2. The molecule has 4 aliphatic rings. The number of carbonyl (C=O) groups excluding carboxylic acids is 2. The van der Waals surface area contributed by atoms with E-state index in [1.807, 2.05) is 72.0 Å². The van der Waals surface area contributed by atoms with Crippen molar-refractivity contribution in [2.75, 3.05) is 40.8 Å². The standard InChI is InChI=1S/C51H88N4O13/c1-15-24-52-29-51(61)35(8)64-40(27-49(51,10)62-14)67-41-32(5)44(48(9,59)26-30(3)28-53-34(7)43(56)50(11,60)39(16-2)66-45(57)33(41)6)68-46-42(65-37-20-18-17-19-21-37)38(25-31(4)63-46)55(13)47(58)54(12)36-22-23-36/h17-21,30-36,38-44,46,52-53,56,59-61H,15-16,22-29H2,1-14H3/t30-,31-,32+,33-,34-,35+,38+,39-,40+,41+,42-,43-,44-,46+,48-,49-,50-,51+/m1/s1. The third-order valence-corrected chi connectivity index (χ3v) is 15.5. The van der Waals surface area contributed by atoms with E-state index >= 15 is 0 Å². The third-order valence-electron chi connectivity index (χ3n) is 15.5. The van der Waals surface area contributed by atoms with Crippen LogP contribution in [0.3, 0.4) is 0 Å². The molecule has 17 nitrogen and oxygen atoms in total. The van der Waals surface area contributed by atoms with Gasteiger partial charge in [0, 0.05) is 52.2 Å². The lowest BCUT2D eigenvalue weighted by Gasteiger charge is -2.53. The van der Waals surface area contributed by atoms with Gasteiger partial charge in [0.25, 0.3) is 0 Å². The Kier molecular flexibility index (Phi) is 19.2. The molecule has 0 spiro atoms. The molecule has 1 saturated carbocycles. The Morgan fingerprint density at radius 3 is 2.19 bits per heavy atom. The minimum Gasteiger partial charge on any atom is -0.483 e. The van der Waals surface area contributed by atoms with Gasteiger partial charge in [-0.2, -0.15) is 0 Å². The van der Waals surface area contributed by atoms with E-state index in [0.29, 0.717) is 25.3 Å². The number of nitrogens with one attached hydrogen (secondary N) is 2. The minimum absolute atomic E-state index is 0.0672. The first-order valence-electron chi connectivity index (χ1n) is 25.2. The van der Waals surface area contributed by atoms with E-state index in [4.69, 9.17) is 33.2 Å². The van der Waals surface area contributed by atoms with Crippen molar-refractivity contribution in [1.82, 2.24) is 20.4 Å². The van der Waals surface area contributed by atoms with Crippen molar-refractivity contribution in [3.05, 3.63) is 30.3 Å². The topological polar surface area (TPSA) is 210 Å². The number of methoxy groups -OCH3 is 1. The molecule has 0 radical (unpaired) electrons. The molecule has 18 atom stereocenters. The fourth-order valence-corrected chi connectivity index (χ4v) is 10.9. The van der Waals surface area contributed by atoms with Crippen molar-refractivity contribution in [1.29, 1.82) is 0 Å². The fraction of sp³-hybridized carbons (Fsp3) is 0.843. The van der Waals surface area contributed by atoms with Gasteiger partial charge in [-0.15, -0.1) is 0 Å². The van der Waals surface area contributed by atoms with Gasteiger partial charge in [0.15, 0.2) is 18.7 Å². The van der Waals surface area contributed by atoms with Gasteiger partial charge in [-0.25, -0.2) is 4.79 Å². The number of likely N-dealkylation sites (N-methyl/N-ethyl adjacent to an activating group) is 1.